The Balaban J connectivity index is 1.70. The lowest BCUT2D eigenvalue weighted by Gasteiger charge is -2.10. The van der Waals surface area contributed by atoms with Gasteiger partial charge < -0.3 is 4.98 Å². The summed E-state index contributed by atoms with van der Waals surface area (Å²) < 4.78 is 0. The minimum atomic E-state index is -0.137. The molecule has 3 rings (SSSR count). The Morgan fingerprint density at radius 3 is 2.57 bits per heavy atom. The number of nitrogens with one attached hydrogen (secondary N) is 2. The topological polar surface area (TPSA) is 57.2 Å². The highest BCUT2D eigenvalue weighted by Gasteiger charge is 2.11. The van der Waals surface area contributed by atoms with Crippen LogP contribution in [-0.4, -0.2) is 16.6 Å². The number of carbonyl (C=O) groups excluding carboxylic acids is 1. The zero-order valence-corrected chi connectivity index (χ0v) is 12.2. The van der Waals surface area contributed by atoms with Crippen LogP contribution >= 0.6 is 0 Å². The van der Waals surface area contributed by atoms with Gasteiger partial charge in [-0.15, -0.1) is 0 Å². The second kappa shape index (κ2) is 6.57. The minimum absolute atomic E-state index is 0.137. The molecule has 2 aromatic rings. The van der Waals surface area contributed by atoms with E-state index in [2.05, 4.69) is 15.5 Å². The van der Waals surface area contributed by atoms with Crippen LogP contribution in [0.25, 0.3) is 10.9 Å². The van der Waals surface area contributed by atoms with E-state index >= 15 is 0 Å². The van der Waals surface area contributed by atoms with Gasteiger partial charge in [-0.25, -0.2) is 5.43 Å². The SMILES string of the molecule is O=C(NN=C1CCCCCCC1)c1c[nH]c2ccccc12. The number of hydrogen-bond acceptors (Lipinski definition) is 2. The van der Waals surface area contributed by atoms with Gasteiger partial charge in [-0.2, -0.15) is 5.10 Å². The zero-order valence-electron chi connectivity index (χ0n) is 12.2. The Hall–Kier alpha value is -2.10. The molecule has 1 aromatic carbocycles. The maximum atomic E-state index is 12.3. The van der Waals surface area contributed by atoms with Crippen LogP contribution in [0.2, 0.25) is 0 Å². The Morgan fingerprint density at radius 1 is 1.05 bits per heavy atom. The monoisotopic (exact) mass is 283 g/mol. The number of nitrogens with zero attached hydrogens (tertiary/aromatic N) is 1. The lowest BCUT2D eigenvalue weighted by atomic mass is 9.99. The molecule has 1 heterocycles. The Kier molecular flexibility index (Phi) is 4.34. The van der Waals surface area contributed by atoms with E-state index in [-0.39, 0.29) is 5.91 Å². The number of amides is 1. The molecule has 110 valence electrons. The first kappa shape index (κ1) is 13.9. The molecule has 2 N–H and O–H groups in total. The molecule has 1 aliphatic carbocycles. The van der Waals surface area contributed by atoms with Crippen LogP contribution in [-0.2, 0) is 0 Å². The molecule has 1 amide bonds. The quantitative estimate of drug-likeness (QED) is 0.804. The average Bonchev–Trinajstić information content (AvgIpc) is 2.90. The summed E-state index contributed by atoms with van der Waals surface area (Å²) in [6, 6.07) is 7.80. The molecule has 0 unspecified atom stereocenters. The third-order valence-corrected chi connectivity index (χ3v) is 4.08. The molecule has 1 fully saturated rings. The van der Waals surface area contributed by atoms with Crippen molar-refractivity contribution in [2.75, 3.05) is 0 Å². The van der Waals surface area contributed by atoms with Gasteiger partial charge >= 0.3 is 0 Å². The first-order valence-corrected chi connectivity index (χ1v) is 7.76. The summed E-state index contributed by atoms with van der Waals surface area (Å²) in [7, 11) is 0. The lowest BCUT2D eigenvalue weighted by molar-refractivity contribution is 0.0956. The molecule has 1 aromatic heterocycles. The normalized spacial score (nSPS) is 16.3. The van der Waals surface area contributed by atoms with E-state index in [0.29, 0.717) is 5.56 Å². The number of para-hydroxylation sites is 1. The van der Waals surface area contributed by atoms with Gasteiger partial charge in [0.1, 0.15) is 0 Å². The van der Waals surface area contributed by atoms with E-state index in [9.17, 15) is 4.79 Å². The molecule has 1 aliphatic rings. The average molecular weight is 283 g/mol. The minimum Gasteiger partial charge on any atom is -0.360 e. The number of carbonyl (C=O) groups is 1. The van der Waals surface area contributed by atoms with Crippen LogP contribution < -0.4 is 5.43 Å². The molecule has 21 heavy (non-hydrogen) atoms. The highest BCUT2D eigenvalue weighted by Crippen LogP contribution is 2.18. The van der Waals surface area contributed by atoms with Gasteiger partial charge in [0.25, 0.3) is 5.91 Å². The Bertz CT molecular complexity index is 647. The van der Waals surface area contributed by atoms with Crippen molar-refractivity contribution in [3.05, 3.63) is 36.0 Å². The van der Waals surface area contributed by atoms with Gasteiger partial charge in [0, 0.05) is 22.8 Å². The predicted octanol–water partition coefficient (Wildman–Crippen LogP) is 4.00. The van der Waals surface area contributed by atoms with E-state index < -0.39 is 0 Å². The van der Waals surface area contributed by atoms with Crippen LogP contribution in [0, 0.1) is 0 Å². The molecule has 0 radical (unpaired) electrons. The summed E-state index contributed by atoms with van der Waals surface area (Å²) in [4.78, 5) is 15.4. The first-order valence-electron chi connectivity index (χ1n) is 7.76. The summed E-state index contributed by atoms with van der Waals surface area (Å²) in [6.07, 6.45) is 10.0. The number of H-pyrrole nitrogens is 1. The molecular formula is C17H21N3O. The van der Waals surface area contributed by atoms with Gasteiger partial charge in [0.2, 0.25) is 0 Å². The largest absolute Gasteiger partial charge is 0.360 e. The number of benzene rings is 1. The van der Waals surface area contributed by atoms with Crippen LogP contribution in [0.15, 0.2) is 35.6 Å². The molecule has 0 saturated heterocycles. The fraction of sp³-hybridized carbons (Fsp3) is 0.412. The fourth-order valence-electron chi connectivity index (χ4n) is 2.87. The van der Waals surface area contributed by atoms with E-state index in [1.807, 2.05) is 24.3 Å². The number of rotatable bonds is 2. The highest BCUT2D eigenvalue weighted by atomic mass is 16.2. The fourth-order valence-corrected chi connectivity index (χ4v) is 2.87. The van der Waals surface area contributed by atoms with Crippen molar-refractivity contribution in [1.29, 1.82) is 0 Å². The zero-order chi connectivity index (χ0) is 14.5. The molecule has 1 saturated carbocycles. The molecule has 4 heteroatoms. The summed E-state index contributed by atoms with van der Waals surface area (Å²) in [6.45, 7) is 0. The molecule has 0 aliphatic heterocycles. The summed E-state index contributed by atoms with van der Waals surface area (Å²) >= 11 is 0. The summed E-state index contributed by atoms with van der Waals surface area (Å²) in [5.41, 5.74) is 5.48. The number of fused-ring (bicyclic) bond motifs is 1. The highest BCUT2D eigenvalue weighted by molar-refractivity contribution is 6.06. The van der Waals surface area contributed by atoms with Crippen LogP contribution in [0.1, 0.15) is 55.3 Å². The van der Waals surface area contributed by atoms with Gasteiger partial charge in [-0.1, -0.05) is 37.5 Å². The number of aromatic amines is 1. The standard InChI is InChI=1S/C17H21N3O/c21-17(15-12-18-16-11-7-6-10-14(15)16)20-19-13-8-4-2-1-3-5-9-13/h6-7,10-12,18H,1-5,8-9H2,(H,20,21). The van der Waals surface area contributed by atoms with Crippen molar-refractivity contribution in [1.82, 2.24) is 10.4 Å². The molecule has 0 atom stereocenters. The molecule has 0 bridgehead atoms. The van der Waals surface area contributed by atoms with Gasteiger partial charge in [-0.3, -0.25) is 4.79 Å². The van der Waals surface area contributed by atoms with Crippen molar-refractivity contribution in [2.24, 2.45) is 5.10 Å². The van der Waals surface area contributed by atoms with Crippen LogP contribution in [0.5, 0.6) is 0 Å². The Morgan fingerprint density at radius 2 is 1.76 bits per heavy atom. The van der Waals surface area contributed by atoms with Crippen molar-refractivity contribution < 1.29 is 4.79 Å². The van der Waals surface area contributed by atoms with Crippen molar-refractivity contribution >= 4 is 22.5 Å². The van der Waals surface area contributed by atoms with Gasteiger partial charge in [0.15, 0.2) is 0 Å². The van der Waals surface area contributed by atoms with Gasteiger partial charge in [0.05, 0.1) is 5.56 Å². The second-order valence-corrected chi connectivity index (χ2v) is 5.63. The molecule has 4 nitrogen and oxygen atoms in total. The van der Waals surface area contributed by atoms with Crippen LogP contribution in [0.4, 0.5) is 0 Å². The second-order valence-electron chi connectivity index (χ2n) is 5.63. The number of hydrogen-bond donors (Lipinski definition) is 2. The van der Waals surface area contributed by atoms with Crippen molar-refractivity contribution in [2.45, 2.75) is 44.9 Å². The molecule has 0 spiro atoms. The maximum Gasteiger partial charge on any atom is 0.273 e. The number of aromatic nitrogens is 1. The van der Waals surface area contributed by atoms with E-state index in [4.69, 9.17) is 0 Å². The summed E-state index contributed by atoms with van der Waals surface area (Å²) in [5.74, 6) is -0.137. The lowest BCUT2D eigenvalue weighted by Crippen LogP contribution is -2.19. The smallest absolute Gasteiger partial charge is 0.273 e. The van der Waals surface area contributed by atoms with Crippen molar-refractivity contribution in [3.63, 3.8) is 0 Å². The van der Waals surface area contributed by atoms with Crippen molar-refractivity contribution in [3.8, 4) is 0 Å². The maximum absolute atomic E-state index is 12.3. The van der Waals surface area contributed by atoms with E-state index in [1.165, 1.54) is 32.1 Å². The third-order valence-electron chi connectivity index (χ3n) is 4.08. The van der Waals surface area contributed by atoms with E-state index in [1.54, 1.807) is 6.20 Å². The van der Waals surface area contributed by atoms with Gasteiger partial charge in [-0.05, 0) is 31.7 Å². The molecular weight excluding hydrogens is 262 g/mol. The third kappa shape index (κ3) is 3.32. The number of hydrazone groups is 1. The summed E-state index contributed by atoms with van der Waals surface area (Å²) in [5, 5.41) is 5.29. The Labute approximate surface area is 124 Å². The first-order chi connectivity index (χ1) is 10.3. The van der Waals surface area contributed by atoms with E-state index in [0.717, 1.165) is 29.5 Å². The predicted molar refractivity (Wildman–Crippen MR) is 85.5 cm³/mol. The van der Waals surface area contributed by atoms with Crippen LogP contribution in [0.3, 0.4) is 0 Å².